The SMILES string of the molecule is CC.CC1=CCNCC1C. The molecule has 1 N–H and O–H groups in total. The number of rotatable bonds is 0. The zero-order chi connectivity index (χ0) is 7.98. The second-order valence-electron chi connectivity index (χ2n) is 2.51. The van der Waals surface area contributed by atoms with E-state index in [9.17, 15) is 0 Å². The molecule has 1 unspecified atom stereocenters. The third-order valence-electron chi connectivity index (χ3n) is 1.80. The normalized spacial score (nSPS) is 24.4. The van der Waals surface area contributed by atoms with Crippen LogP contribution in [0.5, 0.6) is 0 Å². The zero-order valence-corrected chi connectivity index (χ0v) is 7.57. The molecule has 10 heavy (non-hydrogen) atoms. The van der Waals surface area contributed by atoms with Gasteiger partial charge in [-0.05, 0) is 12.8 Å². The van der Waals surface area contributed by atoms with Gasteiger partial charge in [0.15, 0.2) is 0 Å². The molecule has 1 nitrogen and oxygen atoms in total. The Morgan fingerprint density at radius 1 is 1.50 bits per heavy atom. The maximum absolute atomic E-state index is 3.29. The summed E-state index contributed by atoms with van der Waals surface area (Å²) < 4.78 is 0. The molecule has 1 aliphatic heterocycles. The molecule has 0 aromatic carbocycles. The van der Waals surface area contributed by atoms with Crippen molar-refractivity contribution >= 4 is 0 Å². The van der Waals surface area contributed by atoms with Crippen molar-refractivity contribution in [3.05, 3.63) is 11.6 Å². The van der Waals surface area contributed by atoms with Crippen LogP contribution in [0.2, 0.25) is 0 Å². The van der Waals surface area contributed by atoms with Crippen molar-refractivity contribution in [2.45, 2.75) is 27.7 Å². The van der Waals surface area contributed by atoms with E-state index in [4.69, 9.17) is 0 Å². The molecular weight excluding hydrogens is 122 g/mol. The van der Waals surface area contributed by atoms with Gasteiger partial charge in [0.25, 0.3) is 0 Å². The van der Waals surface area contributed by atoms with E-state index in [0.717, 1.165) is 19.0 Å². The van der Waals surface area contributed by atoms with Crippen LogP contribution < -0.4 is 5.32 Å². The van der Waals surface area contributed by atoms with Gasteiger partial charge < -0.3 is 5.32 Å². The van der Waals surface area contributed by atoms with Gasteiger partial charge in [0, 0.05) is 13.1 Å². The standard InChI is InChI=1S/C7H13N.C2H6/c1-6-3-4-8-5-7(6)2;1-2/h3,7-8H,4-5H2,1-2H3;1-2H3. The van der Waals surface area contributed by atoms with Crippen LogP contribution in [0, 0.1) is 5.92 Å². The Morgan fingerprint density at radius 3 is 2.40 bits per heavy atom. The van der Waals surface area contributed by atoms with Crippen molar-refractivity contribution in [1.82, 2.24) is 5.32 Å². The van der Waals surface area contributed by atoms with Gasteiger partial charge in [-0.2, -0.15) is 0 Å². The van der Waals surface area contributed by atoms with Crippen LogP contribution in [0.15, 0.2) is 11.6 Å². The molecule has 1 aliphatic rings. The van der Waals surface area contributed by atoms with Crippen molar-refractivity contribution in [3.63, 3.8) is 0 Å². The second kappa shape index (κ2) is 5.48. The summed E-state index contributed by atoms with van der Waals surface area (Å²) in [6.07, 6.45) is 2.26. The van der Waals surface area contributed by atoms with E-state index in [1.165, 1.54) is 5.57 Å². The van der Waals surface area contributed by atoms with Crippen molar-refractivity contribution in [3.8, 4) is 0 Å². The fraction of sp³-hybridized carbons (Fsp3) is 0.778. The summed E-state index contributed by atoms with van der Waals surface area (Å²) >= 11 is 0. The van der Waals surface area contributed by atoms with Gasteiger partial charge >= 0.3 is 0 Å². The monoisotopic (exact) mass is 141 g/mol. The maximum Gasteiger partial charge on any atom is 0.0137 e. The molecule has 60 valence electrons. The minimum absolute atomic E-state index is 0.753. The molecule has 1 heterocycles. The lowest BCUT2D eigenvalue weighted by Gasteiger charge is -2.17. The Labute approximate surface area is 64.5 Å². The molecule has 0 aromatic rings. The van der Waals surface area contributed by atoms with Crippen LogP contribution in [0.1, 0.15) is 27.7 Å². The lowest BCUT2D eigenvalue weighted by molar-refractivity contribution is 0.568. The van der Waals surface area contributed by atoms with Crippen LogP contribution in [0.25, 0.3) is 0 Å². The highest BCUT2D eigenvalue weighted by Crippen LogP contribution is 2.09. The van der Waals surface area contributed by atoms with Crippen LogP contribution in [0.3, 0.4) is 0 Å². The third-order valence-corrected chi connectivity index (χ3v) is 1.80. The summed E-state index contributed by atoms with van der Waals surface area (Å²) in [5, 5.41) is 3.29. The predicted octanol–water partition coefficient (Wildman–Crippen LogP) is 2.20. The Kier molecular flexibility index (Phi) is 5.32. The van der Waals surface area contributed by atoms with Gasteiger partial charge in [0.05, 0.1) is 0 Å². The summed E-state index contributed by atoms with van der Waals surface area (Å²) in [6.45, 7) is 10.7. The highest BCUT2D eigenvalue weighted by atomic mass is 14.9. The Balaban J connectivity index is 0.000000371. The van der Waals surface area contributed by atoms with Crippen molar-refractivity contribution in [1.29, 1.82) is 0 Å². The molecular formula is C9H19N. The summed E-state index contributed by atoms with van der Waals surface area (Å²) in [5.41, 5.74) is 1.53. The van der Waals surface area contributed by atoms with E-state index in [-0.39, 0.29) is 0 Å². The zero-order valence-electron chi connectivity index (χ0n) is 7.57. The van der Waals surface area contributed by atoms with E-state index < -0.39 is 0 Å². The van der Waals surface area contributed by atoms with Crippen LogP contribution >= 0.6 is 0 Å². The van der Waals surface area contributed by atoms with E-state index in [2.05, 4.69) is 25.2 Å². The lowest BCUT2D eigenvalue weighted by atomic mass is 10.0. The molecule has 0 spiro atoms. The van der Waals surface area contributed by atoms with Crippen LogP contribution in [0.4, 0.5) is 0 Å². The minimum Gasteiger partial charge on any atom is -0.313 e. The Morgan fingerprint density at radius 2 is 2.10 bits per heavy atom. The molecule has 0 bridgehead atoms. The summed E-state index contributed by atoms with van der Waals surface area (Å²) in [4.78, 5) is 0. The number of hydrogen-bond acceptors (Lipinski definition) is 1. The van der Waals surface area contributed by atoms with E-state index in [1.54, 1.807) is 0 Å². The molecule has 1 heteroatoms. The first kappa shape index (κ1) is 9.70. The van der Waals surface area contributed by atoms with Crippen molar-refractivity contribution in [2.24, 2.45) is 5.92 Å². The predicted molar refractivity (Wildman–Crippen MR) is 47.1 cm³/mol. The fourth-order valence-corrected chi connectivity index (χ4v) is 0.895. The molecule has 0 radical (unpaired) electrons. The van der Waals surface area contributed by atoms with E-state index in [1.807, 2.05) is 13.8 Å². The average Bonchev–Trinajstić information content (AvgIpc) is 2.00. The smallest absolute Gasteiger partial charge is 0.0137 e. The lowest BCUT2D eigenvalue weighted by Crippen LogP contribution is -2.26. The van der Waals surface area contributed by atoms with E-state index >= 15 is 0 Å². The third kappa shape index (κ3) is 3.02. The highest BCUT2D eigenvalue weighted by molar-refractivity contribution is 5.06. The molecule has 0 amide bonds. The second-order valence-corrected chi connectivity index (χ2v) is 2.51. The fourth-order valence-electron chi connectivity index (χ4n) is 0.895. The van der Waals surface area contributed by atoms with Crippen molar-refractivity contribution < 1.29 is 0 Å². The van der Waals surface area contributed by atoms with Gasteiger partial charge in [0.2, 0.25) is 0 Å². The Bertz CT molecular complexity index is 105. The van der Waals surface area contributed by atoms with Gasteiger partial charge in [-0.15, -0.1) is 0 Å². The largest absolute Gasteiger partial charge is 0.313 e. The molecule has 0 fully saturated rings. The van der Waals surface area contributed by atoms with Gasteiger partial charge in [0.1, 0.15) is 0 Å². The highest BCUT2D eigenvalue weighted by Gasteiger charge is 2.05. The number of nitrogens with one attached hydrogen (secondary N) is 1. The molecule has 0 aliphatic carbocycles. The van der Waals surface area contributed by atoms with Crippen LogP contribution in [-0.2, 0) is 0 Å². The minimum atomic E-state index is 0.753. The molecule has 0 aromatic heterocycles. The maximum atomic E-state index is 3.29. The molecule has 1 atom stereocenters. The molecule has 0 saturated carbocycles. The first-order chi connectivity index (χ1) is 4.80. The van der Waals surface area contributed by atoms with Gasteiger partial charge in [-0.25, -0.2) is 0 Å². The van der Waals surface area contributed by atoms with E-state index in [0.29, 0.717) is 0 Å². The molecule has 0 saturated heterocycles. The number of hydrogen-bond donors (Lipinski definition) is 1. The summed E-state index contributed by atoms with van der Waals surface area (Å²) in [7, 11) is 0. The first-order valence-electron chi connectivity index (χ1n) is 4.18. The topological polar surface area (TPSA) is 12.0 Å². The first-order valence-corrected chi connectivity index (χ1v) is 4.18. The quantitative estimate of drug-likeness (QED) is 0.510. The summed E-state index contributed by atoms with van der Waals surface area (Å²) in [6, 6.07) is 0. The Hall–Kier alpha value is -0.300. The summed E-state index contributed by atoms with van der Waals surface area (Å²) in [5.74, 6) is 0.753. The van der Waals surface area contributed by atoms with Crippen molar-refractivity contribution in [2.75, 3.05) is 13.1 Å². The van der Waals surface area contributed by atoms with Crippen LogP contribution in [-0.4, -0.2) is 13.1 Å². The van der Waals surface area contributed by atoms with Gasteiger partial charge in [-0.1, -0.05) is 32.4 Å². The average molecular weight is 141 g/mol. The van der Waals surface area contributed by atoms with Gasteiger partial charge in [-0.3, -0.25) is 0 Å². The molecule has 1 rings (SSSR count).